The fraction of sp³-hybridized carbons (Fsp3) is 0.364. The van der Waals surface area contributed by atoms with E-state index in [0.717, 1.165) is 0 Å². The van der Waals surface area contributed by atoms with Crippen molar-refractivity contribution in [3.05, 3.63) is 65.3 Å². The van der Waals surface area contributed by atoms with E-state index in [2.05, 4.69) is 13.8 Å². The van der Waals surface area contributed by atoms with Crippen LogP contribution in [0.25, 0.3) is 0 Å². The third kappa shape index (κ3) is 3.81. The molecule has 0 saturated carbocycles. The molecule has 0 spiro atoms. The molecule has 1 N–H and O–H groups in total. The van der Waals surface area contributed by atoms with Gasteiger partial charge in [0.1, 0.15) is 5.75 Å². The Morgan fingerprint density at radius 2 is 2.07 bits per heavy atom. The van der Waals surface area contributed by atoms with Crippen LogP contribution < -0.4 is 4.74 Å². The Balaban J connectivity index is 2.02. The van der Waals surface area contributed by atoms with E-state index in [0.29, 0.717) is 36.8 Å². The summed E-state index contributed by atoms with van der Waals surface area (Å²) in [7, 11) is 0. The minimum absolute atomic E-state index is 0.0365. The third-order valence-corrected chi connectivity index (χ3v) is 4.51. The zero-order chi connectivity index (χ0) is 20.3. The van der Waals surface area contributed by atoms with Gasteiger partial charge in [-0.05, 0) is 42.2 Å². The van der Waals surface area contributed by atoms with Crippen LogP contribution in [0.15, 0.2) is 58.4 Å². The summed E-state index contributed by atoms with van der Waals surface area (Å²) in [6, 6.07) is 9.74. The van der Waals surface area contributed by atoms with E-state index in [1.807, 2.05) is 31.2 Å². The van der Waals surface area contributed by atoms with Crippen molar-refractivity contribution in [2.75, 3.05) is 13.2 Å². The summed E-state index contributed by atoms with van der Waals surface area (Å²) in [5.74, 6) is -0.443. The molecule has 6 heteroatoms. The molecule has 6 nitrogen and oxygen atoms in total. The number of nitrogens with zero attached hydrogens (tertiary/aromatic N) is 1. The number of furan rings is 1. The number of hydrogen-bond acceptors (Lipinski definition) is 5. The van der Waals surface area contributed by atoms with Gasteiger partial charge in [-0.3, -0.25) is 9.59 Å². The largest absolute Gasteiger partial charge is 0.503 e. The smallest absolute Gasteiger partial charge is 0.290 e. The number of rotatable bonds is 8. The van der Waals surface area contributed by atoms with E-state index < -0.39 is 23.5 Å². The average Bonchev–Trinajstić information content (AvgIpc) is 3.29. The van der Waals surface area contributed by atoms with Crippen molar-refractivity contribution < 1.29 is 23.8 Å². The molecule has 148 valence electrons. The number of amides is 1. The van der Waals surface area contributed by atoms with Gasteiger partial charge in [0.05, 0.1) is 24.5 Å². The van der Waals surface area contributed by atoms with E-state index in [4.69, 9.17) is 9.15 Å². The Morgan fingerprint density at radius 3 is 2.71 bits per heavy atom. The first-order chi connectivity index (χ1) is 13.4. The maximum absolute atomic E-state index is 13.0. The first-order valence-corrected chi connectivity index (χ1v) is 9.49. The Hall–Kier alpha value is -3.02. The molecule has 1 aliphatic heterocycles. The second-order valence-electron chi connectivity index (χ2n) is 7.25. The Kier molecular flexibility index (Phi) is 5.87. The monoisotopic (exact) mass is 383 g/mol. The molecule has 3 rings (SSSR count). The Labute approximate surface area is 164 Å². The summed E-state index contributed by atoms with van der Waals surface area (Å²) in [5.41, 5.74) is 0.747. The molecule has 1 unspecified atom stereocenters. The van der Waals surface area contributed by atoms with E-state index >= 15 is 0 Å². The fourth-order valence-electron chi connectivity index (χ4n) is 3.28. The van der Waals surface area contributed by atoms with Crippen molar-refractivity contribution in [3.63, 3.8) is 0 Å². The molecule has 0 fully saturated rings. The summed E-state index contributed by atoms with van der Waals surface area (Å²) >= 11 is 0. The van der Waals surface area contributed by atoms with E-state index in [9.17, 15) is 14.7 Å². The van der Waals surface area contributed by atoms with Gasteiger partial charge in [0.25, 0.3) is 5.91 Å². The minimum atomic E-state index is -0.687. The molecule has 0 bridgehead atoms. The zero-order valence-corrected chi connectivity index (χ0v) is 16.3. The summed E-state index contributed by atoms with van der Waals surface area (Å²) in [6.07, 6.45) is 2.09. The molecule has 1 aromatic carbocycles. The van der Waals surface area contributed by atoms with Crippen LogP contribution in [-0.4, -0.2) is 34.8 Å². The summed E-state index contributed by atoms with van der Waals surface area (Å²) in [4.78, 5) is 27.2. The second-order valence-corrected chi connectivity index (χ2v) is 7.25. The highest BCUT2D eigenvalue weighted by atomic mass is 16.5. The lowest BCUT2D eigenvalue weighted by molar-refractivity contribution is -0.129. The normalized spacial score (nSPS) is 16.9. The summed E-state index contributed by atoms with van der Waals surface area (Å²) in [6.45, 7) is 7.03. The zero-order valence-electron chi connectivity index (χ0n) is 16.3. The lowest BCUT2D eigenvalue weighted by Gasteiger charge is -2.26. The maximum Gasteiger partial charge on any atom is 0.290 e. The highest BCUT2D eigenvalue weighted by molar-refractivity contribution is 6.15. The second kappa shape index (κ2) is 8.33. The number of carbonyl (C=O) groups is 2. The Morgan fingerprint density at radius 1 is 1.29 bits per heavy atom. The predicted molar refractivity (Wildman–Crippen MR) is 104 cm³/mol. The maximum atomic E-state index is 13.0. The molecule has 2 heterocycles. The number of ether oxygens (including phenoxy) is 1. The fourth-order valence-corrected chi connectivity index (χ4v) is 3.28. The molecule has 1 atom stereocenters. The van der Waals surface area contributed by atoms with Gasteiger partial charge in [0.15, 0.2) is 11.5 Å². The number of benzene rings is 1. The van der Waals surface area contributed by atoms with Crippen molar-refractivity contribution in [1.82, 2.24) is 4.90 Å². The topological polar surface area (TPSA) is 80.0 Å². The third-order valence-electron chi connectivity index (χ3n) is 4.51. The number of Topliss-reactive ketones (excluding diaryl/α,β-unsaturated/α-hetero) is 1. The van der Waals surface area contributed by atoms with Gasteiger partial charge in [0, 0.05) is 6.54 Å². The van der Waals surface area contributed by atoms with Crippen molar-refractivity contribution in [2.24, 2.45) is 5.92 Å². The van der Waals surface area contributed by atoms with E-state index in [1.165, 1.54) is 17.2 Å². The van der Waals surface area contributed by atoms with Crippen LogP contribution >= 0.6 is 0 Å². The SMILES string of the molecule is CCCN1C(=O)C(O)=C(C(=O)c2ccco2)C1c1cccc(OCC(C)C)c1. The molecular weight excluding hydrogens is 358 g/mol. The standard InChI is InChI=1S/C22H25NO5/c1-4-10-23-19(15-7-5-8-16(12-15)28-13-14(2)3)18(21(25)22(23)26)20(24)17-9-6-11-27-17/h5-9,11-12,14,19,25H,4,10,13H2,1-3H3. The van der Waals surface area contributed by atoms with Crippen LogP contribution in [0.5, 0.6) is 5.75 Å². The molecule has 1 aromatic heterocycles. The van der Waals surface area contributed by atoms with E-state index in [1.54, 1.807) is 6.07 Å². The molecule has 0 aliphatic carbocycles. The highest BCUT2D eigenvalue weighted by Gasteiger charge is 2.44. The van der Waals surface area contributed by atoms with Crippen LogP contribution in [0.2, 0.25) is 0 Å². The van der Waals surface area contributed by atoms with Crippen molar-refractivity contribution in [1.29, 1.82) is 0 Å². The van der Waals surface area contributed by atoms with Crippen molar-refractivity contribution >= 4 is 11.7 Å². The van der Waals surface area contributed by atoms with Gasteiger partial charge in [-0.2, -0.15) is 0 Å². The van der Waals surface area contributed by atoms with Crippen molar-refractivity contribution in [2.45, 2.75) is 33.2 Å². The number of carbonyl (C=O) groups excluding carboxylic acids is 2. The van der Waals surface area contributed by atoms with Crippen LogP contribution in [0.1, 0.15) is 49.4 Å². The molecule has 1 amide bonds. The van der Waals surface area contributed by atoms with Crippen LogP contribution in [0.4, 0.5) is 0 Å². The molecule has 1 aliphatic rings. The molecule has 28 heavy (non-hydrogen) atoms. The van der Waals surface area contributed by atoms with Crippen LogP contribution in [-0.2, 0) is 4.79 Å². The van der Waals surface area contributed by atoms with Gasteiger partial charge in [0.2, 0.25) is 5.78 Å². The van der Waals surface area contributed by atoms with Gasteiger partial charge >= 0.3 is 0 Å². The number of aliphatic hydroxyl groups excluding tert-OH is 1. The van der Waals surface area contributed by atoms with Gasteiger partial charge in [-0.1, -0.05) is 32.9 Å². The average molecular weight is 383 g/mol. The Bertz CT molecular complexity index is 882. The summed E-state index contributed by atoms with van der Waals surface area (Å²) in [5, 5.41) is 10.5. The first-order valence-electron chi connectivity index (χ1n) is 9.49. The van der Waals surface area contributed by atoms with Gasteiger partial charge in [-0.15, -0.1) is 0 Å². The number of hydrogen-bond donors (Lipinski definition) is 1. The number of aliphatic hydroxyl groups is 1. The van der Waals surface area contributed by atoms with Gasteiger partial charge in [-0.25, -0.2) is 0 Å². The summed E-state index contributed by atoms with van der Waals surface area (Å²) < 4.78 is 11.0. The molecule has 2 aromatic rings. The van der Waals surface area contributed by atoms with E-state index in [-0.39, 0.29) is 11.3 Å². The lowest BCUT2D eigenvalue weighted by Crippen LogP contribution is -2.31. The first kappa shape index (κ1) is 19.7. The molecule has 0 saturated heterocycles. The molecule has 0 radical (unpaired) electrons. The minimum Gasteiger partial charge on any atom is -0.503 e. The van der Waals surface area contributed by atoms with Crippen LogP contribution in [0, 0.1) is 5.92 Å². The lowest BCUT2D eigenvalue weighted by atomic mass is 9.95. The molecular formula is C22H25NO5. The quantitative estimate of drug-likeness (QED) is 0.688. The van der Waals surface area contributed by atoms with Gasteiger partial charge < -0.3 is 19.2 Å². The number of ketones is 1. The highest BCUT2D eigenvalue weighted by Crippen LogP contribution is 2.40. The van der Waals surface area contributed by atoms with Crippen molar-refractivity contribution in [3.8, 4) is 5.75 Å². The van der Waals surface area contributed by atoms with Crippen LogP contribution in [0.3, 0.4) is 0 Å². The predicted octanol–water partition coefficient (Wildman–Crippen LogP) is 4.30.